The van der Waals surface area contributed by atoms with E-state index in [0.29, 0.717) is 5.57 Å². The van der Waals surface area contributed by atoms with Gasteiger partial charge in [-0.3, -0.25) is 4.79 Å². The standard InChI is InChI=1S/C19H20N2O3S2/c1-21-17-9-8-15(26(23,24)20-12-14-7-4-10-25-14)11-16(17)18(19(21)22)13-5-2-3-6-13/h4,7-11,20H,2-3,5-6,12H2,1H3. The first kappa shape index (κ1) is 17.5. The highest BCUT2D eigenvalue weighted by Gasteiger charge is 2.34. The first-order chi connectivity index (χ1) is 12.5. The minimum atomic E-state index is -3.64. The van der Waals surface area contributed by atoms with E-state index in [1.165, 1.54) is 11.3 Å². The lowest BCUT2D eigenvalue weighted by Crippen LogP contribution is -2.23. The number of nitrogens with zero attached hydrogens (tertiary/aromatic N) is 1. The number of hydrogen-bond donors (Lipinski definition) is 1. The number of nitrogens with one attached hydrogen (secondary N) is 1. The summed E-state index contributed by atoms with van der Waals surface area (Å²) in [5.41, 5.74) is 3.38. The van der Waals surface area contributed by atoms with Gasteiger partial charge in [0.05, 0.1) is 10.6 Å². The Kier molecular flexibility index (Phi) is 4.46. The number of allylic oxidation sites excluding steroid dienone is 1. The molecule has 7 heteroatoms. The van der Waals surface area contributed by atoms with Crippen molar-refractivity contribution >= 4 is 38.5 Å². The molecule has 0 bridgehead atoms. The highest BCUT2D eigenvalue weighted by atomic mass is 32.2. The van der Waals surface area contributed by atoms with Crippen LogP contribution in [0, 0.1) is 0 Å². The summed E-state index contributed by atoms with van der Waals surface area (Å²) in [6.45, 7) is 0.268. The molecule has 1 aromatic heterocycles. The highest BCUT2D eigenvalue weighted by molar-refractivity contribution is 7.89. The van der Waals surface area contributed by atoms with E-state index in [-0.39, 0.29) is 17.3 Å². The number of carbonyl (C=O) groups is 1. The van der Waals surface area contributed by atoms with Gasteiger partial charge in [0.2, 0.25) is 10.0 Å². The van der Waals surface area contributed by atoms with Crippen molar-refractivity contribution < 1.29 is 13.2 Å². The Morgan fingerprint density at radius 2 is 1.96 bits per heavy atom. The summed E-state index contributed by atoms with van der Waals surface area (Å²) >= 11 is 1.51. The molecule has 1 saturated carbocycles. The Labute approximate surface area is 157 Å². The van der Waals surface area contributed by atoms with Crippen molar-refractivity contribution in [3.63, 3.8) is 0 Å². The van der Waals surface area contributed by atoms with Gasteiger partial charge in [0.25, 0.3) is 5.91 Å². The molecule has 0 saturated heterocycles. The van der Waals surface area contributed by atoms with Crippen LogP contribution in [0.1, 0.15) is 36.1 Å². The van der Waals surface area contributed by atoms with Crippen LogP contribution >= 0.6 is 11.3 Å². The van der Waals surface area contributed by atoms with Crippen molar-refractivity contribution in [1.29, 1.82) is 0 Å². The molecule has 1 amide bonds. The maximum atomic E-state index is 12.7. The lowest BCUT2D eigenvalue weighted by Gasteiger charge is -2.10. The van der Waals surface area contributed by atoms with Crippen LogP contribution in [0.25, 0.3) is 5.57 Å². The van der Waals surface area contributed by atoms with Gasteiger partial charge >= 0.3 is 0 Å². The third-order valence-electron chi connectivity index (χ3n) is 5.00. The molecule has 1 aliphatic carbocycles. The van der Waals surface area contributed by atoms with Gasteiger partial charge in [-0.15, -0.1) is 11.3 Å². The molecule has 1 aromatic carbocycles. The van der Waals surface area contributed by atoms with Crippen LogP contribution in [0.5, 0.6) is 0 Å². The second-order valence-electron chi connectivity index (χ2n) is 6.63. The summed E-state index contributed by atoms with van der Waals surface area (Å²) in [6, 6.07) is 8.74. The number of amides is 1. The predicted octanol–water partition coefficient (Wildman–Crippen LogP) is 3.53. The van der Waals surface area contributed by atoms with Crippen LogP contribution in [0.4, 0.5) is 5.69 Å². The zero-order valence-electron chi connectivity index (χ0n) is 14.5. The largest absolute Gasteiger partial charge is 0.311 e. The number of benzene rings is 1. The fourth-order valence-corrected chi connectivity index (χ4v) is 5.39. The molecule has 136 valence electrons. The van der Waals surface area contributed by atoms with Gasteiger partial charge in [0.1, 0.15) is 0 Å². The average molecular weight is 389 g/mol. The van der Waals surface area contributed by atoms with Crippen LogP contribution < -0.4 is 9.62 Å². The number of rotatable bonds is 4. The molecule has 26 heavy (non-hydrogen) atoms. The Balaban J connectivity index is 1.70. The Bertz CT molecular complexity index is 984. The highest BCUT2D eigenvalue weighted by Crippen LogP contribution is 2.42. The van der Waals surface area contributed by atoms with E-state index in [0.717, 1.165) is 47.4 Å². The summed E-state index contributed by atoms with van der Waals surface area (Å²) < 4.78 is 28.0. The Hall–Kier alpha value is -1.96. The number of hydrogen-bond acceptors (Lipinski definition) is 4. The number of carbonyl (C=O) groups excluding carboxylic acids is 1. The number of fused-ring (bicyclic) bond motifs is 1. The van der Waals surface area contributed by atoms with Gasteiger partial charge in [0.15, 0.2) is 0 Å². The van der Waals surface area contributed by atoms with Gasteiger partial charge in [-0.25, -0.2) is 13.1 Å². The van der Waals surface area contributed by atoms with Crippen LogP contribution in [0.2, 0.25) is 0 Å². The van der Waals surface area contributed by atoms with Crippen LogP contribution in [-0.2, 0) is 21.4 Å². The molecule has 0 spiro atoms. The summed E-state index contributed by atoms with van der Waals surface area (Å²) in [5.74, 6) is -0.0296. The van der Waals surface area contributed by atoms with Gasteiger partial charge in [-0.2, -0.15) is 0 Å². The molecule has 2 aromatic rings. The van der Waals surface area contributed by atoms with Crippen molar-refractivity contribution in [2.45, 2.75) is 37.1 Å². The van der Waals surface area contributed by atoms with E-state index in [1.807, 2.05) is 17.5 Å². The van der Waals surface area contributed by atoms with E-state index in [1.54, 1.807) is 30.1 Å². The van der Waals surface area contributed by atoms with E-state index in [4.69, 9.17) is 0 Å². The van der Waals surface area contributed by atoms with Crippen LogP contribution in [-0.4, -0.2) is 21.4 Å². The second kappa shape index (κ2) is 6.64. The Morgan fingerprint density at radius 1 is 1.19 bits per heavy atom. The fourth-order valence-electron chi connectivity index (χ4n) is 3.62. The summed E-state index contributed by atoms with van der Waals surface area (Å²) in [7, 11) is -1.89. The van der Waals surface area contributed by atoms with Gasteiger partial charge in [-0.1, -0.05) is 11.6 Å². The van der Waals surface area contributed by atoms with Gasteiger partial charge in [0, 0.05) is 29.6 Å². The minimum Gasteiger partial charge on any atom is -0.311 e. The zero-order valence-corrected chi connectivity index (χ0v) is 16.1. The monoisotopic (exact) mass is 388 g/mol. The summed E-state index contributed by atoms with van der Waals surface area (Å²) in [4.78, 5) is 15.5. The van der Waals surface area contributed by atoms with Crippen molar-refractivity contribution in [3.8, 4) is 0 Å². The lowest BCUT2D eigenvalue weighted by molar-refractivity contribution is -0.112. The topological polar surface area (TPSA) is 66.5 Å². The maximum absolute atomic E-state index is 12.7. The molecular formula is C19H20N2O3S2. The molecule has 2 aliphatic rings. The maximum Gasteiger partial charge on any atom is 0.258 e. The van der Waals surface area contributed by atoms with Crippen molar-refractivity contribution in [1.82, 2.24) is 4.72 Å². The third kappa shape index (κ3) is 3.00. The zero-order chi connectivity index (χ0) is 18.3. The quantitative estimate of drug-likeness (QED) is 0.815. The molecule has 0 radical (unpaired) electrons. The number of thiophene rings is 1. The van der Waals surface area contributed by atoms with Crippen LogP contribution in [0.15, 0.2) is 46.2 Å². The second-order valence-corrected chi connectivity index (χ2v) is 9.43. The number of anilines is 1. The molecule has 1 fully saturated rings. The van der Waals surface area contributed by atoms with E-state index in [9.17, 15) is 13.2 Å². The molecule has 0 atom stereocenters. The van der Waals surface area contributed by atoms with Crippen molar-refractivity contribution in [3.05, 3.63) is 51.7 Å². The number of likely N-dealkylation sites (N-methyl/N-ethyl adjacent to an activating group) is 1. The van der Waals surface area contributed by atoms with Crippen LogP contribution in [0.3, 0.4) is 0 Å². The third-order valence-corrected chi connectivity index (χ3v) is 7.28. The SMILES string of the molecule is CN1C(=O)C(=C2CCCC2)c2cc(S(=O)(=O)NCc3cccs3)ccc21. The van der Waals surface area contributed by atoms with Crippen molar-refractivity contribution in [2.24, 2.45) is 0 Å². The number of sulfonamides is 1. The normalized spacial score (nSPS) is 17.3. The molecular weight excluding hydrogens is 368 g/mol. The summed E-state index contributed by atoms with van der Waals surface area (Å²) in [6.07, 6.45) is 4.01. The average Bonchev–Trinajstić information content (AvgIpc) is 3.36. The molecule has 1 N–H and O–H groups in total. The Morgan fingerprint density at radius 3 is 2.65 bits per heavy atom. The smallest absolute Gasteiger partial charge is 0.258 e. The predicted molar refractivity (Wildman–Crippen MR) is 104 cm³/mol. The molecule has 0 unspecified atom stereocenters. The minimum absolute atomic E-state index is 0.0296. The first-order valence-corrected chi connectivity index (χ1v) is 11.0. The van der Waals surface area contributed by atoms with Gasteiger partial charge in [-0.05, 0) is 55.3 Å². The van der Waals surface area contributed by atoms with Crippen molar-refractivity contribution in [2.75, 3.05) is 11.9 Å². The first-order valence-electron chi connectivity index (χ1n) is 8.64. The fraction of sp³-hybridized carbons (Fsp3) is 0.316. The van der Waals surface area contributed by atoms with Gasteiger partial charge < -0.3 is 4.90 Å². The molecule has 1 aliphatic heterocycles. The lowest BCUT2D eigenvalue weighted by atomic mass is 10.00. The molecule has 2 heterocycles. The molecule has 5 nitrogen and oxygen atoms in total. The van der Waals surface area contributed by atoms with E-state index >= 15 is 0 Å². The van der Waals surface area contributed by atoms with E-state index in [2.05, 4.69) is 4.72 Å². The van der Waals surface area contributed by atoms with E-state index < -0.39 is 10.0 Å². The molecule has 4 rings (SSSR count). The summed E-state index contributed by atoms with van der Waals surface area (Å²) in [5, 5.41) is 1.92.